The van der Waals surface area contributed by atoms with Crippen LogP contribution in [0, 0.1) is 22.2 Å². The highest BCUT2D eigenvalue weighted by Gasteiger charge is 2.77. The number of carboxylic acids is 1. The predicted octanol–water partition coefficient (Wildman–Crippen LogP) is 4.66. The minimum Gasteiger partial charge on any atom is -0.480 e. The number of aromatic nitrogens is 2. The number of nitriles is 1. The van der Waals surface area contributed by atoms with Crippen LogP contribution in [0.25, 0.3) is 27.8 Å². The largest absolute Gasteiger partial charge is 0.480 e. The smallest absolute Gasteiger partial charge is 0.325 e. The molecule has 1 unspecified atom stereocenters. The lowest BCUT2D eigenvalue weighted by molar-refractivity contribution is -0.142. The topological polar surface area (TPSA) is 125 Å². The summed E-state index contributed by atoms with van der Waals surface area (Å²) in [6.07, 6.45) is 5.01. The Bertz CT molecular complexity index is 1760. The van der Waals surface area contributed by atoms with Crippen LogP contribution in [0.15, 0.2) is 77.9 Å². The Labute approximate surface area is 224 Å². The van der Waals surface area contributed by atoms with Gasteiger partial charge < -0.3 is 15.0 Å². The lowest BCUT2D eigenvalue weighted by Gasteiger charge is -2.14. The quantitative estimate of drug-likeness (QED) is 0.382. The molecule has 2 aromatic carbocycles. The first kappa shape index (κ1) is 24.6. The number of pyridine rings is 2. The fourth-order valence-electron chi connectivity index (χ4n) is 5.80. The summed E-state index contributed by atoms with van der Waals surface area (Å²) < 4.78 is 1.76. The molecule has 4 aromatic rings. The molecular formula is C31H26N4O4. The maximum absolute atomic E-state index is 13.1. The van der Waals surface area contributed by atoms with Crippen molar-refractivity contribution in [3.05, 3.63) is 94.4 Å². The third-order valence-electron chi connectivity index (χ3n) is 8.22. The second kappa shape index (κ2) is 8.63. The minimum absolute atomic E-state index is 0.0728. The highest BCUT2D eigenvalue weighted by Crippen LogP contribution is 2.73. The monoisotopic (exact) mass is 518 g/mol. The molecule has 8 nitrogen and oxygen atoms in total. The van der Waals surface area contributed by atoms with E-state index in [1.165, 1.54) is 0 Å². The SMILES string of the molecule is CC1(C)[C@@H](c2ccc(-c3cccc(-n4cc(C(=O)NC5CC5)c(=O)c5cccnc54)c3)cc2)C1(C#N)C(=O)O. The predicted molar refractivity (Wildman–Crippen MR) is 145 cm³/mol. The third kappa shape index (κ3) is 3.73. The zero-order chi connectivity index (χ0) is 27.5. The molecule has 2 aromatic heterocycles. The van der Waals surface area contributed by atoms with E-state index < -0.39 is 22.7 Å². The van der Waals surface area contributed by atoms with Gasteiger partial charge in [0.15, 0.2) is 5.41 Å². The molecule has 2 fully saturated rings. The number of carbonyl (C=O) groups is 2. The van der Waals surface area contributed by atoms with E-state index in [9.17, 15) is 24.8 Å². The maximum atomic E-state index is 13.1. The van der Waals surface area contributed by atoms with Gasteiger partial charge in [-0.05, 0) is 53.8 Å². The molecule has 6 rings (SSSR count). The van der Waals surface area contributed by atoms with E-state index in [1.807, 2.05) is 68.4 Å². The van der Waals surface area contributed by atoms with Crippen LogP contribution in [0.5, 0.6) is 0 Å². The minimum atomic E-state index is -1.43. The lowest BCUT2D eigenvalue weighted by Crippen LogP contribution is -2.31. The molecule has 0 bridgehead atoms. The molecule has 2 atom stereocenters. The Balaban J connectivity index is 1.38. The average molecular weight is 519 g/mol. The number of nitrogens with one attached hydrogen (secondary N) is 1. The second-order valence-corrected chi connectivity index (χ2v) is 10.9. The van der Waals surface area contributed by atoms with Crippen molar-refractivity contribution in [3.8, 4) is 22.9 Å². The number of rotatable bonds is 6. The Morgan fingerprint density at radius 1 is 1.08 bits per heavy atom. The molecule has 0 radical (unpaired) electrons. The number of hydrogen-bond acceptors (Lipinski definition) is 5. The first-order chi connectivity index (χ1) is 18.7. The highest BCUT2D eigenvalue weighted by atomic mass is 16.4. The molecule has 2 heterocycles. The van der Waals surface area contributed by atoms with Crippen LogP contribution in [0.4, 0.5) is 0 Å². The van der Waals surface area contributed by atoms with Gasteiger partial charge in [-0.3, -0.25) is 14.4 Å². The zero-order valence-electron chi connectivity index (χ0n) is 21.5. The Hall–Kier alpha value is -4.77. The molecule has 0 saturated heterocycles. The van der Waals surface area contributed by atoms with Gasteiger partial charge >= 0.3 is 5.97 Å². The van der Waals surface area contributed by atoms with Crippen molar-refractivity contribution in [2.75, 3.05) is 0 Å². The standard InChI is InChI=1S/C31H26N4O4/c1-30(2)26(31(30,17-32)29(38)39)19-10-8-18(9-11-19)20-5-3-6-22(15-20)35-16-24(28(37)34-21-12-13-21)25(36)23-7-4-14-33-27(23)35/h3-11,14-16,21,26H,12-13H2,1-2H3,(H,34,37)(H,38,39)/t26-,31?/m1/s1. The molecular weight excluding hydrogens is 492 g/mol. The molecule has 8 heteroatoms. The summed E-state index contributed by atoms with van der Waals surface area (Å²) in [6, 6.07) is 20.8. The number of fused-ring (bicyclic) bond motifs is 1. The Morgan fingerprint density at radius 2 is 1.82 bits per heavy atom. The summed E-state index contributed by atoms with van der Waals surface area (Å²) in [5.41, 5.74) is 1.42. The first-order valence-electron chi connectivity index (χ1n) is 12.9. The molecule has 2 saturated carbocycles. The van der Waals surface area contributed by atoms with Crippen LogP contribution < -0.4 is 10.7 Å². The van der Waals surface area contributed by atoms with E-state index in [0.29, 0.717) is 11.0 Å². The van der Waals surface area contributed by atoms with E-state index in [0.717, 1.165) is 35.2 Å². The van der Waals surface area contributed by atoms with E-state index in [1.54, 1.807) is 29.1 Å². The van der Waals surface area contributed by atoms with Gasteiger partial charge in [-0.2, -0.15) is 5.26 Å². The molecule has 194 valence electrons. The Kier molecular flexibility index (Phi) is 5.44. The van der Waals surface area contributed by atoms with Gasteiger partial charge in [-0.1, -0.05) is 50.2 Å². The van der Waals surface area contributed by atoms with Crippen molar-refractivity contribution >= 4 is 22.9 Å². The van der Waals surface area contributed by atoms with Crippen molar-refractivity contribution in [2.45, 2.75) is 38.6 Å². The summed E-state index contributed by atoms with van der Waals surface area (Å²) in [4.78, 5) is 42.4. The van der Waals surface area contributed by atoms with Gasteiger partial charge in [0.2, 0.25) is 5.43 Å². The third-order valence-corrected chi connectivity index (χ3v) is 8.22. The van der Waals surface area contributed by atoms with Gasteiger partial charge in [-0.15, -0.1) is 0 Å². The van der Waals surface area contributed by atoms with Crippen molar-refractivity contribution in [2.24, 2.45) is 10.8 Å². The maximum Gasteiger partial charge on any atom is 0.325 e. The zero-order valence-corrected chi connectivity index (χ0v) is 21.5. The fraction of sp³-hybridized carbons (Fsp3) is 0.258. The normalized spacial score (nSPS) is 21.2. The second-order valence-electron chi connectivity index (χ2n) is 10.9. The van der Waals surface area contributed by atoms with Gasteiger partial charge in [0.1, 0.15) is 11.2 Å². The fourth-order valence-corrected chi connectivity index (χ4v) is 5.80. The summed E-state index contributed by atoms with van der Waals surface area (Å²) >= 11 is 0. The van der Waals surface area contributed by atoms with Crippen molar-refractivity contribution < 1.29 is 14.7 Å². The van der Waals surface area contributed by atoms with Crippen LogP contribution in [-0.2, 0) is 4.79 Å². The number of amides is 1. The van der Waals surface area contributed by atoms with Crippen molar-refractivity contribution in [3.63, 3.8) is 0 Å². The average Bonchev–Trinajstić information content (AvgIpc) is 3.84. The first-order valence-corrected chi connectivity index (χ1v) is 12.9. The molecule has 0 spiro atoms. The van der Waals surface area contributed by atoms with E-state index >= 15 is 0 Å². The summed E-state index contributed by atoms with van der Waals surface area (Å²) in [7, 11) is 0. The van der Waals surface area contributed by atoms with Crippen molar-refractivity contribution in [1.82, 2.24) is 14.9 Å². The van der Waals surface area contributed by atoms with E-state index in [-0.39, 0.29) is 22.9 Å². The molecule has 39 heavy (non-hydrogen) atoms. The molecule has 2 aliphatic rings. The molecule has 2 aliphatic carbocycles. The van der Waals surface area contributed by atoms with Crippen LogP contribution in [0.1, 0.15) is 48.5 Å². The molecule has 2 N–H and O–H groups in total. The van der Waals surface area contributed by atoms with E-state index in [4.69, 9.17) is 0 Å². The number of hydrogen-bond donors (Lipinski definition) is 2. The van der Waals surface area contributed by atoms with Crippen LogP contribution in [-0.4, -0.2) is 32.6 Å². The summed E-state index contributed by atoms with van der Waals surface area (Å²) in [5, 5.41) is 22.7. The summed E-state index contributed by atoms with van der Waals surface area (Å²) in [5.74, 6) is -1.87. The van der Waals surface area contributed by atoms with Gasteiger partial charge in [0.25, 0.3) is 5.91 Å². The number of nitrogens with zero attached hydrogens (tertiary/aromatic N) is 3. The number of carbonyl (C=O) groups excluding carboxylic acids is 1. The number of benzene rings is 2. The van der Waals surface area contributed by atoms with Gasteiger partial charge in [-0.25, -0.2) is 4.98 Å². The van der Waals surface area contributed by atoms with Gasteiger partial charge in [0.05, 0.1) is 11.5 Å². The number of aliphatic carboxylic acids is 1. The molecule has 0 aliphatic heterocycles. The van der Waals surface area contributed by atoms with E-state index in [2.05, 4.69) is 10.3 Å². The van der Waals surface area contributed by atoms with Crippen LogP contribution in [0.2, 0.25) is 0 Å². The lowest BCUT2D eigenvalue weighted by atomic mass is 9.97. The molecule has 1 amide bonds. The van der Waals surface area contributed by atoms with Gasteiger partial charge in [0, 0.05) is 35.5 Å². The van der Waals surface area contributed by atoms with Crippen LogP contribution in [0.3, 0.4) is 0 Å². The Morgan fingerprint density at radius 3 is 2.46 bits per heavy atom. The number of carboxylic acid groups (broad SMARTS) is 1. The van der Waals surface area contributed by atoms with Crippen molar-refractivity contribution in [1.29, 1.82) is 5.26 Å². The van der Waals surface area contributed by atoms with Crippen LogP contribution >= 0.6 is 0 Å². The summed E-state index contributed by atoms with van der Waals surface area (Å²) in [6.45, 7) is 3.63. The highest BCUT2D eigenvalue weighted by molar-refractivity contribution is 5.97.